The number of para-hydroxylation sites is 1. The lowest BCUT2D eigenvalue weighted by Gasteiger charge is -2.16. The van der Waals surface area contributed by atoms with Gasteiger partial charge in [0.05, 0.1) is 11.4 Å². The van der Waals surface area contributed by atoms with Crippen molar-refractivity contribution >= 4 is 11.8 Å². The molecule has 0 spiro atoms. The van der Waals surface area contributed by atoms with Gasteiger partial charge in [-0.2, -0.15) is 18.3 Å². The zero-order chi connectivity index (χ0) is 17.4. The fourth-order valence-corrected chi connectivity index (χ4v) is 4.03. The minimum Gasteiger partial charge on any atom is -0.233 e. The van der Waals surface area contributed by atoms with E-state index in [0.717, 1.165) is 30.2 Å². The summed E-state index contributed by atoms with van der Waals surface area (Å²) < 4.78 is 41.0. The Balaban J connectivity index is 1.87. The molecule has 128 valence electrons. The first-order valence-electron chi connectivity index (χ1n) is 8.01. The minimum atomic E-state index is -4.47. The normalized spacial score (nSPS) is 14.4. The Kier molecular flexibility index (Phi) is 4.07. The Bertz CT molecular complexity index is 901. The summed E-state index contributed by atoms with van der Waals surface area (Å²) in [6.45, 7) is 0. The van der Waals surface area contributed by atoms with Crippen molar-refractivity contribution in [1.82, 2.24) is 9.78 Å². The molecule has 0 bridgehead atoms. The van der Waals surface area contributed by atoms with Crippen LogP contribution in [0.2, 0.25) is 0 Å². The number of aryl methyl sites for hydroxylation is 1. The zero-order valence-corrected chi connectivity index (χ0v) is 14.1. The highest BCUT2D eigenvalue weighted by Crippen LogP contribution is 2.36. The molecular formula is C19H15F3N2S. The molecule has 2 aromatic carbocycles. The minimum absolute atomic E-state index is 0.455. The molecule has 4 rings (SSSR count). The summed E-state index contributed by atoms with van der Waals surface area (Å²) in [6, 6.07) is 15.9. The van der Waals surface area contributed by atoms with E-state index in [-0.39, 0.29) is 0 Å². The molecule has 0 aliphatic carbocycles. The van der Waals surface area contributed by atoms with Crippen LogP contribution in [0, 0.1) is 0 Å². The highest BCUT2D eigenvalue weighted by Gasteiger charge is 2.35. The summed E-state index contributed by atoms with van der Waals surface area (Å²) in [5, 5.41) is 3.83. The van der Waals surface area contributed by atoms with Gasteiger partial charge in [-0.15, -0.1) is 11.8 Å². The number of fused-ring (bicyclic) bond motifs is 1. The van der Waals surface area contributed by atoms with Crippen molar-refractivity contribution in [3.8, 4) is 16.9 Å². The van der Waals surface area contributed by atoms with Crippen LogP contribution >= 0.6 is 11.8 Å². The number of benzene rings is 2. The molecule has 0 radical (unpaired) electrons. The van der Waals surface area contributed by atoms with E-state index in [4.69, 9.17) is 0 Å². The maximum Gasteiger partial charge on any atom is 0.435 e. The van der Waals surface area contributed by atoms with Crippen LogP contribution in [0.4, 0.5) is 13.2 Å². The van der Waals surface area contributed by atoms with Crippen molar-refractivity contribution in [3.05, 3.63) is 65.9 Å². The lowest BCUT2D eigenvalue weighted by atomic mass is 10.0. The Morgan fingerprint density at radius 3 is 2.56 bits per heavy atom. The van der Waals surface area contributed by atoms with Gasteiger partial charge in [-0.3, -0.25) is 0 Å². The lowest BCUT2D eigenvalue weighted by molar-refractivity contribution is -0.141. The highest BCUT2D eigenvalue weighted by molar-refractivity contribution is 7.99. The van der Waals surface area contributed by atoms with Crippen LogP contribution in [-0.4, -0.2) is 15.5 Å². The van der Waals surface area contributed by atoms with Crippen LogP contribution in [0.1, 0.15) is 17.7 Å². The van der Waals surface area contributed by atoms with Crippen LogP contribution in [-0.2, 0) is 12.6 Å². The second kappa shape index (κ2) is 6.26. The first kappa shape index (κ1) is 16.3. The second-order valence-corrected chi connectivity index (χ2v) is 7.07. The SMILES string of the molecule is FC(F)(F)c1cc(-c2ccc3c(c2)CCCS3)n(-c2ccccc2)n1. The molecule has 1 aliphatic heterocycles. The van der Waals surface area contributed by atoms with Crippen LogP contribution < -0.4 is 0 Å². The number of thioether (sulfide) groups is 1. The molecule has 1 aliphatic rings. The molecule has 6 heteroatoms. The number of aromatic nitrogens is 2. The van der Waals surface area contributed by atoms with Crippen molar-refractivity contribution < 1.29 is 13.2 Å². The summed E-state index contributed by atoms with van der Waals surface area (Å²) in [5.74, 6) is 1.09. The van der Waals surface area contributed by atoms with Gasteiger partial charge in [-0.25, -0.2) is 4.68 Å². The predicted octanol–water partition coefficient (Wildman–Crippen LogP) is 5.60. The molecule has 0 saturated carbocycles. The Labute approximate surface area is 147 Å². The predicted molar refractivity (Wildman–Crippen MR) is 93.0 cm³/mol. The van der Waals surface area contributed by atoms with E-state index < -0.39 is 11.9 Å². The van der Waals surface area contributed by atoms with E-state index >= 15 is 0 Å². The quantitative estimate of drug-likeness (QED) is 0.592. The Hall–Kier alpha value is -2.21. The molecule has 2 heterocycles. The number of rotatable bonds is 2. The molecule has 0 unspecified atom stereocenters. The summed E-state index contributed by atoms with van der Waals surface area (Å²) in [5.41, 5.74) is 2.15. The van der Waals surface area contributed by atoms with Gasteiger partial charge in [-0.05, 0) is 54.5 Å². The van der Waals surface area contributed by atoms with E-state index in [0.29, 0.717) is 11.4 Å². The molecule has 1 aromatic heterocycles. The van der Waals surface area contributed by atoms with Gasteiger partial charge >= 0.3 is 6.18 Å². The molecule has 0 amide bonds. The number of alkyl halides is 3. The number of hydrogen-bond donors (Lipinski definition) is 0. The van der Waals surface area contributed by atoms with Gasteiger partial charge in [0.1, 0.15) is 0 Å². The summed E-state index contributed by atoms with van der Waals surface area (Å²) in [4.78, 5) is 1.22. The fraction of sp³-hybridized carbons (Fsp3) is 0.211. The van der Waals surface area contributed by atoms with Gasteiger partial charge in [0.25, 0.3) is 0 Å². The fourth-order valence-electron chi connectivity index (χ4n) is 3.01. The van der Waals surface area contributed by atoms with Crippen molar-refractivity contribution in [3.63, 3.8) is 0 Å². The molecule has 3 aromatic rings. The van der Waals surface area contributed by atoms with E-state index in [1.807, 2.05) is 24.3 Å². The van der Waals surface area contributed by atoms with Gasteiger partial charge in [0, 0.05) is 10.5 Å². The maximum absolute atomic E-state index is 13.2. The van der Waals surface area contributed by atoms with Crippen molar-refractivity contribution in [2.45, 2.75) is 23.9 Å². The van der Waals surface area contributed by atoms with E-state index in [1.165, 1.54) is 15.1 Å². The van der Waals surface area contributed by atoms with Crippen LogP contribution in [0.3, 0.4) is 0 Å². The standard InChI is InChI=1S/C19H15F3N2S/c20-19(21,22)18-12-16(24(23-18)15-6-2-1-3-7-15)13-8-9-17-14(11-13)5-4-10-25-17/h1-3,6-9,11-12H,4-5,10H2. The number of nitrogens with zero attached hydrogens (tertiary/aromatic N) is 2. The van der Waals surface area contributed by atoms with Crippen molar-refractivity contribution in [2.24, 2.45) is 0 Å². The van der Waals surface area contributed by atoms with Gasteiger partial charge in [0.2, 0.25) is 0 Å². The Morgan fingerprint density at radius 2 is 1.80 bits per heavy atom. The number of halogens is 3. The molecule has 0 N–H and O–H groups in total. The second-order valence-electron chi connectivity index (χ2n) is 5.93. The zero-order valence-electron chi connectivity index (χ0n) is 13.3. The van der Waals surface area contributed by atoms with E-state index in [9.17, 15) is 13.2 Å². The molecule has 0 saturated heterocycles. The van der Waals surface area contributed by atoms with Gasteiger partial charge < -0.3 is 0 Å². The topological polar surface area (TPSA) is 17.8 Å². The van der Waals surface area contributed by atoms with Gasteiger partial charge in [0.15, 0.2) is 5.69 Å². The molecule has 25 heavy (non-hydrogen) atoms. The molecule has 2 nitrogen and oxygen atoms in total. The average molecular weight is 360 g/mol. The Morgan fingerprint density at radius 1 is 1.00 bits per heavy atom. The molecular weight excluding hydrogens is 345 g/mol. The molecule has 0 fully saturated rings. The first-order valence-corrected chi connectivity index (χ1v) is 9.00. The summed E-state index contributed by atoms with van der Waals surface area (Å²) >= 11 is 1.80. The van der Waals surface area contributed by atoms with E-state index in [1.54, 1.807) is 36.0 Å². The average Bonchev–Trinajstić information content (AvgIpc) is 3.08. The van der Waals surface area contributed by atoms with Gasteiger partial charge in [-0.1, -0.05) is 24.3 Å². The first-order chi connectivity index (χ1) is 12.0. The van der Waals surface area contributed by atoms with E-state index in [2.05, 4.69) is 5.10 Å². The van der Waals surface area contributed by atoms with Crippen molar-refractivity contribution in [2.75, 3.05) is 5.75 Å². The van der Waals surface area contributed by atoms with Crippen LogP contribution in [0.15, 0.2) is 59.5 Å². The maximum atomic E-state index is 13.2. The largest absolute Gasteiger partial charge is 0.435 e. The molecule has 0 atom stereocenters. The lowest BCUT2D eigenvalue weighted by Crippen LogP contribution is -2.07. The third kappa shape index (κ3) is 3.18. The van der Waals surface area contributed by atoms with Crippen molar-refractivity contribution in [1.29, 1.82) is 0 Å². The highest BCUT2D eigenvalue weighted by atomic mass is 32.2. The smallest absolute Gasteiger partial charge is 0.233 e. The monoisotopic (exact) mass is 360 g/mol. The van der Waals surface area contributed by atoms with Crippen LogP contribution in [0.5, 0.6) is 0 Å². The summed E-state index contributed by atoms with van der Waals surface area (Å²) in [7, 11) is 0. The third-order valence-corrected chi connectivity index (χ3v) is 5.41. The number of hydrogen-bond acceptors (Lipinski definition) is 2. The summed E-state index contributed by atoms with van der Waals surface area (Å²) in [6.07, 6.45) is -2.42. The van der Waals surface area contributed by atoms with Crippen LogP contribution in [0.25, 0.3) is 16.9 Å². The third-order valence-electron chi connectivity index (χ3n) is 4.20.